The van der Waals surface area contributed by atoms with Crippen LogP contribution < -0.4 is 0 Å². The SMILES string of the molecule is Cc1cn(C)c([C@H]2CCCN2Cc2csc(C)n2)n1. The minimum atomic E-state index is 0.445. The molecule has 4 nitrogen and oxygen atoms in total. The Morgan fingerprint density at radius 3 is 2.84 bits per heavy atom. The van der Waals surface area contributed by atoms with Crippen LogP contribution >= 0.6 is 11.3 Å². The largest absolute Gasteiger partial charge is 0.336 e. The molecular weight excluding hydrogens is 256 g/mol. The van der Waals surface area contributed by atoms with Gasteiger partial charge in [0.05, 0.1) is 22.4 Å². The Balaban J connectivity index is 1.79. The van der Waals surface area contributed by atoms with Crippen molar-refractivity contribution in [1.82, 2.24) is 19.4 Å². The van der Waals surface area contributed by atoms with Crippen LogP contribution in [0, 0.1) is 13.8 Å². The Labute approximate surface area is 118 Å². The maximum atomic E-state index is 4.69. The third-order valence-corrected chi connectivity index (χ3v) is 4.55. The van der Waals surface area contributed by atoms with Crippen molar-refractivity contribution in [1.29, 1.82) is 0 Å². The van der Waals surface area contributed by atoms with Gasteiger partial charge >= 0.3 is 0 Å². The molecule has 0 saturated carbocycles. The first kappa shape index (κ1) is 12.8. The molecule has 0 aliphatic carbocycles. The summed E-state index contributed by atoms with van der Waals surface area (Å²) in [5.41, 5.74) is 2.30. The molecule has 1 fully saturated rings. The zero-order valence-electron chi connectivity index (χ0n) is 11.8. The molecule has 3 heterocycles. The van der Waals surface area contributed by atoms with Crippen molar-refractivity contribution in [2.45, 2.75) is 39.3 Å². The fourth-order valence-corrected chi connectivity index (χ4v) is 3.54. The van der Waals surface area contributed by atoms with E-state index in [0.29, 0.717) is 6.04 Å². The number of thiazole rings is 1. The summed E-state index contributed by atoms with van der Waals surface area (Å²) < 4.78 is 2.17. The Morgan fingerprint density at radius 1 is 1.37 bits per heavy atom. The van der Waals surface area contributed by atoms with Crippen molar-refractivity contribution in [3.8, 4) is 0 Å². The molecule has 2 aromatic heterocycles. The summed E-state index contributed by atoms with van der Waals surface area (Å²) >= 11 is 1.73. The number of imidazole rings is 1. The smallest absolute Gasteiger partial charge is 0.126 e. The van der Waals surface area contributed by atoms with Gasteiger partial charge in [-0.05, 0) is 33.2 Å². The average Bonchev–Trinajstić information content (AvgIpc) is 3.02. The van der Waals surface area contributed by atoms with Crippen LogP contribution in [-0.2, 0) is 13.6 Å². The lowest BCUT2D eigenvalue weighted by Crippen LogP contribution is -2.25. The average molecular weight is 276 g/mol. The number of hydrogen-bond donors (Lipinski definition) is 0. The molecule has 0 amide bonds. The molecule has 0 aromatic carbocycles. The van der Waals surface area contributed by atoms with Gasteiger partial charge in [-0.1, -0.05) is 0 Å². The van der Waals surface area contributed by atoms with E-state index in [9.17, 15) is 0 Å². The van der Waals surface area contributed by atoms with E-state index in [-0.39, 0.29) is 0 Å². The summed E-state index contributed by atoms with van der Waals surface area (Å²) in [6.07, 6.45) is 4.56. The van der Waals surface area contributed by atoms with E-state index in [1.54, 1.807) is 11.3 Å². The highest BCUT2D eigenvalue weighted by Gasteiger charge is 2.29. The molecule has 2 aromatic rings. The van der Waals surface area contributed by atoms with Gasteiger partial charge in [0, 0.05) is 25.2 Å². The van der Waals surface area contributed by atoms with Crippen molar-refractivity contribution in [2.75, 3.05) is 6.54 Å². The van der Waals surface area contributed by atoms with E-state index in [1.165, 1.54) is 24.4 Å². The van der Waals surface area contributed by atoms with Crippen molar-refractivity contribution in [3.63, 3.8) is 0 Å². The Kier molecular flexibility index (Phi) is 3.41. The summed E-state index contributed by atoms with van der Waals surface area (Å²) in [6.45, 7) is 6.22. The van der Waals surface area contributed by atoms with Crippen molar-refractivity contribution < 1.29 is 0 Å². The lowest BCUT2D eigenvalue weighted by Gasteiger charge is -2.23. The molecule has 1 aliphatic rings. The molecule has 5 heteroatoms. The lowest BCUT2D eigenvalue weighted by molar-refractivity contribution is 0.234. The number of likely N-dealkylation sites (tertiary alicyclic amines) is 1. The molecule has 0 bridgehead atoms. The quantitative estimate of drug-likeness (QED) is 0.864. The van der Waals surface area contributed by atoms with Crippen LogP contribution in [0.15, 0.2) is 11.6 Å². The predicted molar refractivity (Wildman–Crippen MR) is 77.2 cm³/mol. The van der Waals surface area contributed by atoms with Crippen LogP contribution in [0.3, 0.4) is 0 Å². The van der Waals surface area contributed by atoms with Gasteiger partial charge in [0.1, 0.15) is 5.82 Å². The van der Waals surface area contributed by atoms with Gasteiger partial charge < -0.3 is 4.57 Å². The zero-order valence-corrected chi connectivity index (χ0v) is 12.6. The third kappa shape index (κ3) is 2.58. The number of aryl methyl sites for hydroxylation is 3. The summed E-state index contributed by atoms with van der Waals surface area (Å²) in [7, 11) is 2.10. The zero-order chi connectivity index (χ0) is 13.4. The van der Waals surface area contributed by atoms with Crippen molar-refractivity contribution in [3.05, 3.63) is 33.8 Å². The van der Waals surface area contributed by atoms with Gasteiger partial charge in [0.2, 0.25) is 0 Å². The minimum absolute atomic E-state index is 0.445. The van der Waals surface area contributed by atoms with Gasteiger partial charge in [0.25, 0.3) is 0 Å². The highest BCUT2D eigenvalue weighted by Crippen LogP contribution is 2.32. The van der Waals surface area contributed by atoms with E-state index in [0.717, 1.165) is 23.8 Å². The van der Waals surface area contributed by atoms with Crippen LogP contribution in [0.4, 0.5) is 0 Å². The lowest BCUT2D eigenvalue weighted by atomic mass is 10.2. The molecule has 102 valence electrons. The van der Waals surface area contributed by atoms with Gasteiger partial charge in [-0.25, -0.2) is 9.97 Å². The molecule has 1 atom stereocenters. The van der Waals surface area contributed by atoms with Gasteiger partial charge in [-0.2, -0.15) is 0 Å². The third-order valence-electron chi connectivity index (χ3n) is 3.73. The summed E-state index contributed by atoms with van der Waals surface area (Å²) in [5.74, 6) is 1.20. The van der Waals surface area contributed by atoms with Crippen LogP contribution in [0.25, 0.3) is 0 Å². The van der Waals surface area contributed by atoms with Gasteiger partial charge in [-0.3, -0.25) is 4.90 Å². The number of aromatic nitrogens is 3. The van der Waals surface area contributed by atoms with E-state index < -0.39 is 0 Å². The van der Waals surface area contributed by atoms with Gasteiger partial charge in [0.15, 0.2) is 0 Å². The van der Waals surface area contributed by atoms with Crippen LogP contribution in [0.2, 0.25) is 0 Å². The highest BCUT2D eigenvalue weighted by molar-refractivity contribution is 7.09. The molecule has 19 heavy (non-hydrogen) atoms. The number of nitrogens with zero attached hydrogens (tertiary/aromatic N) is 4. The second-order valence-corrected chi connectivity index (χ2v) is 6.40. The minimum Gasteiger partial charge on any atom is -0.336 e. The number of hydrogen-bond acceptors (Lipinski definition) is 4. The fraction of sp³-hybridized carbons (Fsp3) is 0.571. The summed E-state index contributed by atoms with van der Waals surface area (Å²) in [6, 6.07) is 0.445. The molecule has 1 saturated heterocycles. The molecule has 0 unspecified atom stereocenters. The molecule has 3 rings (SSSR count). The highest BCUT2D eigenvalue weighted by atomic mass is 32.1. The predicted octanol–water partition coefficient (Wildman–Crippen LogP) is 2.83. The fourth-order valence-electron chi connectivity index (χ4n) is 2.94. The first-order valence-corrected chi connectivity index (χ1v) is 7.66. The Morgan fingerprint density at radius 2 is 2.21 bits per heavy atom. The maximum absolute atomic E-state index is 4.69. The van der Waals surface area contributed by atoms with Gasteiger partial charge in [-0.15, -0.1) is 11.3 Å². The van der Waals surface area contributed by atoms with Crippen molar-refractivity contribution >= 4 is 11.3 Å². The van der Waals surface area contributed by atoms with Crippen LogP contribution in [0.5, 0.6) is 0 Å². The van der Waals surface area contributed by atoms with E-state index in [2.05, 4.69) is 46.9 Å². The summed E-state index contributed by atoms with van der Waals surface area (Å²) in [5, 5.41) is 3.33. The van der Waals surface area contributed by atoms with E-state index in [4.69, 9.17) is 4.98 Å². The summed E-state index contributed by atoms with van der Waals surface area (Å²) in [4.78, 5) is 11.8. The van der Waals surface area contributed by atoms with E-state index >= 15 is 0 Å². The number of rotatable bonds is 3. The first-order valence-electron chi connectivity index (χ1n) is 6.78. The maximum Gasteiger partial charge on any atom is 0.126 e. The van der Waals surface area contributed by atoms with E-state index in [1.807, 2.05) is 0 Å². The Hall–Kier alpha value is -1.20. The van der Waals surface area contributed by atoms with Crippen LogP contribution in [0.1, 0.15) is 41.1 Å². The normalized spacial score (nSPS) is 20.3. The molecule has 1 aliphatic heterocycles. The Bertz CT molecular complexity index is 572. The topological polar surface area (TPSA) is 34.0 Å². The van der Waals surface area contributed by atoms with Crippen LogP contribution in [-0.4, -0.2) is 26.0 Å². The standard InChI is InChI=1S/C14H20N4S/c1-10-7-17(3)14(15-10)13-5-4-6-18(13)8-12-9-19-11(2)16-12/h7,9,13H,4-6,8H2,1-3H3/t13-/m1/s1. The molecule has 0 radical (unpaired) electrons. The first-order chi connectivity index (χ1) is 9.13. The monoisotopic (exact) mass is 276 g/mol. The molecular formula is C14H20N4S. The second-order valence-electron chi connectivity index (χ2n) is 5.34. The molecule has 0 spiro atoms. The van der Waals surface area contributed by atoms with Crippen molar-refractivity contribution in [2.24, 2.45) is 7.05 Å². The second kappa shape index (κ2) is 5.06. The molecule has 0 N–H and O–H groups in total.